The molecule has 3 N–H and O–H groups in total. The van der Waals surface area contributed by atoms with Crippen molar-refractivity contribution in [1.29, 1.82) is 0 Å². The van der Waals surface area contributed by atoms with Gasteiger partial charge < -0.3 is 10.3 Å². The summed E-state index contributed by atoms with van der Waals surface area (Å²) in [6, 6.07) is 12.0. The molecule has 2 aromatic heterocycles. The first kappa shape index (κ1) is 10.6. The molecular weight excluding hydrogens is 226 g/mol. The van der Waals surface area contributed by atoms with Gasteiger partial charge in [0.05, 0.1) is 0 Å². The van der Waals surface area contributed by atoms with Crippen LogP contribution in [-0.2, 0) is 6.54 Å². The first-order chi connectivity index (χ1) is 8.83. The van der Waals surface area contributed by atoms with Gasteiger partial charge in [0.25, 0.3) is 0 Å². The molecular formula is C13H13N5. The van der Waals surface area contributed by atoms with E-state index in [2.05, 4.69) is 31.9 Å². The van der Waals surface area contributed by atoms with E-state index in [1.165, 1.54) is 5.56 Å². The van der Waals surface area contributed by atoms with Gasteiger partial charge in [0.1, 0.15) is 11.5 Å². The molecule has 0 spiro atoms. The van der Waals surface area contributed by atoms with Gasteiger partial charge in [-0.2, -0.15) is 5.10 Å². The molecule has 5 heteroatoms. The third-order valence-corrected chi connectivity index (χ3v) is 2.75. The first-order valence-electron chi connectivity index (χ1n) is 5.69. The predicted molar refractivity (Wildman–Crippen MR) is 69.8 cm³/mol. The van der Waals surface area contributed by atoms with Crippen molar-refractivity contribution < 1.29 is 0 Å². The van der Waals surface area contributed by atoms with Crippen LogP contribution in [0.3, 0.4) is 0 Å². The maximum absolute atomic E-state index is 5.61. The lowest BCUT2D eigenvalue weighted by atomic mass is 10.2. The molecule has 3 rings (SSSR count). The number of nitrogens with zero attached hydrogens (tertiary/aromatic N) is 3. The Morgan fingerprint density at radius 2 is 2.06 bits per heavy atom. The SMILES string of the molecule is Nc1cc(-c2nccn2Cc2ccccc2)[nH]n1. The molecule has 5 nitrogen and oxygen atoms in total. The minimum absolute atomic E-state index is 0.472. The van der Waals surface area contributed by atoms with Crippen molar-refractivity contribution in [2.24, 2.45) is 0 Å². The van der Waals surface area contributed by atoms with E-state index in [4.69, 9.17) is 5.73 Å². The number of H-pyrrole nitrogens is 1. The average Bonchev–Trinajstić information content (AvgIpc) is 2.99. The molecule has 0 fully saturated rings. The highest BCUT2D eigenvalue weighted by Gasteiger charge is 2.08. The van der Waals surface area contributed by atoms with Crippen molar-refractivity contribution in [3.05, 3.63) is 54.4 Å². The molecule has 3 aromatic rings. The highest BCUT2D eigenvalue weighted by molar-refractivity contribution is 5.54. The molecule has 18 heavy (non-hydrogen) atoms. The Balaban J connectivity index is 1.93. The van der Waals surface area contributed by atoms with E-state index >= 15 is 0 Å². The summed E-state index contributed by atoms with van der Waals surface area (Å²) < 4.78 is 2.06. The highest BCUT2D eigenvalue weighted by Crippen LogP contribution is 2.17. The molecule has 90 valence electrons. The molecule has 0 radical (unpaired) electrons. The maximum atomic E-state index is 5.61. The zero-order chi connectivity index (χ0) is 12.4. The molecule has 0 saturated heterocycles. The summed E-state index contributed by atoms with van der Waals surface area (Å²) in [6.07, 6.45) is 3.72. The van der Waals surface area contributed by atoms with Crippen molar-refractivity contribution in [3.8, 4) is 11.5 Å². The Hall–Kier alpha value is -2.56. The standard InChI is InChI=1S/C13H13N5/c14-12-8-11(16-17-12)13-15-6-7-18(13)9-10-4-2-1-3-5-10/h1-8H,9H2,(H3,14,16,17). The molecule has 0 unspecified atom stereocenters. The number of nitrogen functional groups attached to an aromatic ring is 1. The van der Waals surface area contributed by atoms with Gasteiger partial charge in [-0.15, -0.1) is 0 Å². The van der Waals surface area contributed by atoms with Gasteiger partial charge in [0, 0.05) is 25.0 Å². The fourth-order valence-electron chi connectivity index (χ4n) is 1.91. The predicted octanol–water partition coefficient (Wildman–Crippen LogP) is 1.90. The van der Waals surface area contributed by atoms with E-state index < -0.39 is 0 Å². The van der Waals surface area contributed by atoms with Crippen LogP contribution in [0.4, 0.5) is 5.82 Å². The molecule has 0 amide bonds. The van der Waals surface area contributed by atoms with Gasteiger partial charge >= 0.3 is 0 Å². The Kier molecular flexibility index (Phi) is 2.57. The Morgan fingerprint density at radius 1 is 1.22 bits per heavy atom. The van der Waals surface area contributed by atoms with Crippen molar-refractivity contribution in [2.75, 3.05) is 5.73 Å². The van der Waals surface area contributed by atoms with Crippen molar-refractivity contribution in [3.63, 3.8) is 0 Å². The lowest BCUT2D eigenvalue weighted by Crippen LogP contribution is -2.01. The van der Waals surface area contributed by atoms with E-state index in [1.807, 2.05) is 24.4 Å². The van der Waals surface area contributed by atoms with Crippen molar-refractivity contribution in [2.45, 2.75) is 6.54 Å². The molecule has 0 aliphatic heterocycles. The number of nitrogens with two attached hydrogens (primary N) is 1. The van der Waals surface area contributed by atoms with Gasteiger partial charge in [-0.1, -0.05) is 30.3 Å². The second kappa shape index (κ2) is 4.37. The number of anilines is 1. The minimum Gasteiger partial charge on any atom is -0.382 e. The van der Waals surface area contributed by atoms with Crippen LogP contribution in [0.25, 0.3) is 11.5 Å². The largest absolute Gasteiger partial charge is 0.382 e. The average molecular weight is 239 g/mol. The molecule has 0 saturated carbocycles. The van der Waals surface area contributed by atoms with Gasteiger partial charge in [-0.25, -0.2) is 4.98 Å². The van der Waals surface area contributed by atoms with Gasteiger partial charge in [-0.05, 0) is 5.56 Å². The molecule has 1 aromatic carbocycles. The van der Waals surface area contributed by atoms with Crippen LogP contribution < -0.4 is 5.73 Å². The lowest BCUT2D eigenvalue weighted by Gasteiger charge is -2.06. The number of imidazole rings is 1. The zero-order valence-corrected chi connectivity index (χ0v) is 9.74. The summed E-state index contributed by atoms with van der Waals surface area (Å²) in [5.41, 5.74) is 7.66. The summed E-state index contributed by atoms with van der Waals surface area (Å²) in [5.74, 6) is 1.31. The smallest absolute Gasteiger partial charge is 0.158 e. The summed E-state index contributed by atoms with van der Waals surface area (Å²) in [5, 5.41) is 6.80. The molecule has 0 atom stereocenters. The third kappa shape index (κ3) is 1.98. The lowest BCUT2D eigenvalue weighted by molar-refractivity contribution is 0.802. The van der Waals surface area contributed by atoms with Gasteiger partial charge in [0.15, 0.2) is 5.82 Å². The third-order valence-electron chi connectivity index (χ3n) is 2.75. The summed E-state index contributed by atoms with van der Waals surface area (Å²) in [6.45, 7) is 0.773. The van der Waals surface area contributed by atoms with E-state index in [0.29, 0.717) is 5.82 Å². The molecule has 0 aliphatic carbocycles. The second-order valence-corrected chi connectivity index (χ2v) is 4.07. The number of nitrogens with one attached hydrogen (secondary N) is 1. The van der Waals surface area contributed by atoms with E-state index in [1.54, 1.807) is 12.3 Å². The number of aromatic amines is 1. The number of hydrogen-bond donors (Lipinski definition) is 2. The number of aromatic nitrogens is 4. The van der Waals surface area contributed by atoms with E-state index in [9.17, 15) is 0 Å². The van der Waals surface area contributed by atoms with E-state index in [-0.39, 0.29) is 0 Å². The van der Waals surface area contributed by atoms with Crippen LogP contribution in [0, 0.1) is 0 Å². The van der Waals surface area contributed by atoms with Gasteiger partial charge in [0.2, 0.25) is 0 Å². The monoisotopic (exact) mass is 239 g/mol. The normalized spacial score (nSPS) is 10.7. The molecule has 0 bridgehead atoms. The van der Waals surface area contributed by atoms with Crippen LogP contribution in [0.5, 0.6) is 0 Å². The maximum Gasteiger partial charge on any atom is 0.158 e. The Labute approximate surface area is 104 Å². The first-order valence-corrected chi connectivity index (χ1v) is 5.69. The summed E-state index contributed by atoms with van der Waals surface area (Å²) in [4.78, 5) is 4.33. The summed E-state index contributed by atoms with van der Waals surface area (Å²) >= 11 is 0. The number of rotatable bonds is 3. The van der Waals surface area contributed by atoms with Crippen LogP contribution in [0.2, 0.25) is 0 Å². The molecule has 2 heterocycles. The van der Waals surface area contributed by atoms with Crippen LogP contribution in [-0.4, -0.2) is 19.7 Å². The van der Waals surface area contributed by atoms with Gasteiger partial charge in [-0.3, -0.25) is 5.10 Å². The number of hydrogen-bond acceptors (Lipinski definition) is 3. The van der Waals surface area contributed by atoms with Crippen LogP contribution >= 0.6 is 0 Å². The Morgan fingerprint density at radius 3 is 2.78 bits per heavy atom. The number of benzene rings is 1. The second-order valence-electron chi connectivity index (χ2n) is 4.07. The minimum atomic E-state index is 0.472. The topological polar surface area (TPSA) is 72.5 Å². The zero-order valence-electron chi connectivity index (χ0n) is 9.74. The van der Waals surface area contributed by atoms with E-state index in [0.717, 1.165) is 18.1 Å². The quantitative estimate of drug-likeness (QED) is 0.733. The Bertz CT molecular complexity index is 638. The highest BCUT2D eigenvalue weighted by atomic mass is 15.2. The molecule has 0 aliphatic rings. The fraction of sp³-hybridized carbons (Fsp3) is 0.0769. The van der Waals surface area contributed by atoms with Crippen molar-refractivity contribution in [1.82, 2.24) is 19.7 Å². The van der Waals surface area contributed by atoms with Crippen molar-refractivity contribution >= 4 is 5.82 Å². The van der Waals surface area contributed by atoms with Crippen LogP contribution in [0.1, 0.15) is 5.56 Å². The fourth-order valence-corrected chi connectivity index (χ4v) is 1.91. The summed E-state index contributed by atoms with van der Waals surface area (Å²) in [7, 11) is 0. The van der Waals surface area contributed by atoms with Crippen LogP contribution in [0.15, 0.2) is 48.8 Å².